The second-order valence-electron chi connectivity index (χ2n) is 4.27. The smallest absolute Gasteiger partial charge is 0.283 e. The van der Waals surface area contributed by atoms with Gasteiger partial charge in [-0.2, -0.15) is 0 Å². The maximum absolute atomic E-state index is 11.1. The molecule has 116 valence electrons. The van der Waals surface area contributed by atoms with Gasteiger partial charge in [0.2, 0.25) is 0 Å². The van der Waals surface area contributed by atoms with Crippen molar-refractivity contribution in [2.24, 2.45) is 5.92 Å². The van der Waals surface area contributed by atoms with Crippen molar-refractivity contribution in [2.75, 3.05) is 6.54 Å². The quantitative estimate of drug-likeness (QED) is 0.615. The first-order valence-corrected chi connectivity index (χ1v) is 5.69. The highest BCUT2D eigenvalue weighted by molar-refractivity contribution is 5.63. The Morgan fingerprint density at radius 2 is 1.33 bits per heavy atom. The average Bonchev–Trinajstić information content (AvgIpc) is 2.38. The van der Waals surface area contributed by atoms with Gasteiger partial charge in [0, 0.05) is 5.92 Å². The predicted octanol–water partition coefficient (Wildman–Crippen LogP) is 0.369. The third-order valence-corrected chi connectivity index (χ3v) is 2.22. The highest BCUT2D eigenvalue weighted by Gasteiger charge is 2.24. The van der Waals surface area contributed by atoms with Gasteiger partial charge in [-0.3, -0.25) is 30.3 Å². The lowest BCUT2D eigenvalue weighted by molar-refractivity contribution is -0.420. The molecule has 0 fully saturated rings. The fourth-order valence-corrected chi connectivity index (χ4v) is 0.961. The lowest BCUT2D eigenvalue weighted by Crippen LogP contribution is -2.52. The zero-order valence-electron chi connectivity index (χ0n) is 11.3. The van der Waals surface area contributed by atoms with Gasteiger partial charge in [-0.05, 0) is 0 Å². The molecule has 0 aliphatic carbocycles. The molecule has 0 bridgehead atoms. The number of nitrogens with zero attached hydrogens (tertiary/aromatic N) is 3. The van der Waals surface area contributed by atoms with E-state index in [-0.39, 0.29) is 0 Å². The maximum Gasteiger partial charge on any atom is 0.283 e. The van der Waals surface area contributed by atoms with E-state index in [1.165, 1.54) is 0 Å². The van der Waals surface area contributed by atoms with E-state index in [9.17, 15) is 35.4 Å². The molecule has 0 radical (unpaired) electrons. The Bertz CT molecular complexity index is 523. The molecule has 3 N–H and O–H groups in total. The summed E-state index contributed by atoms with van der Waals surface area (Å²) in [6.45, 7) is 5.38. The monoisotopic (exact) mass is 302 g/mol. The van der Waals surface area contributed by atoms with E-state index >= 15 is 0 Å². The molecule has 11 heteroatoms. The van der Waals surface area contributed by atoms with Crippen LogP contribution in [0.1, 0.15) is 13.8 Å². The van der Waals surface area contributed by atoms with Gasteiger partial charge in [-0.25, -0.2) is 0 Å². The average molecular weight is 302 g/mol. The summed E-state index contributed by atoms with van der Waals surface area (Å²) in [7, 11) is 0. The normalized spacial score (nSPS) is 9.71. The van der Waals surface area contributed by atoms with Crippen molar-refractivity contribution < 1.29 is 25.6 Å². The van der Waals surface area contributed by atoms with E-state index in [1.807, 2.05) is 0 Å². The molecule has 0 unspecified atom stereocenters. The molecule has 0 saturated heterocycles. The highest BCUT2D eigenvalue weighted by atomic mass is 16.6. The zero-order valence-corrected chi connectivity index (χ0v) is 11.3. The van der Waals surface area contributed by atoms with Crippen molar-refractivity contribution in [1.29, 1.82) is 0 Å². The minimum Gasteiger partial charge on any atom is -0.863 e. The molecule has 11 nitrogen and oxygen atoms in total. The lowest BCUT2D eigenvalue weighted by Gasteiger charge is -2.06. The Balaban J connectivity index is 0.000000690. The van der Waals surface area contributed by atoms with Crippen LogP contribution >= 0.6 is 0 Å². The summed E-state index contributed by atoms with van der Waals surface area (Å²) in [6.07, 6.45) is 0. The summed E-state index contributed by atoms with van der Waals surface area (Å²) in [5, 5.41) is 42.1. The largest absolute Gasteiger partial charge is 0.863 e. The Kier molecular flexibility index (Phi) is 6.66. The molecule has 1 aromatic rings. The van der Waals surface area contributed by atoms with E-state index in [0.717, 1.165) is 12.5 Å². The number of benzene rings is 1. The summed E-state index contributed by atoms with van der Waals surface area (Å²) < 4.78 is 0. The van der Waals surface area contributed by atoms with E-state index in [0.29, 0.717) is 12.1 Å². The van der Waals surface area contributed by atoms with Crippen molar-refractivity contribution in [3.05, 3.63) is 42.5 Å². The van der Waals surface area contributed by atoms with E-state index < -0.39 is 37.6 Å². The number of hydrogen-bond donors (Lipinski definition) is 1. The SMILES string of the molecule is CC(C)C[NH3+].O=[N+]([O-])c1cc([N+](=O)[O-])c([O-])c([N+](=O)[O-])c1. The predicted molar refractivity (Wildman–Crippen MR) is 68.4 cm³/mol. The molecular weight excluding hydrogens is 288 g/mol. The van der Waals surface area contributed by atoms with Crippen molar-refractivity contribution in [3.8, 4) is 5.75 Å². The number of nitro groups is 3. The molecule has 0 saturated carbocycles. The van der Waals surface area contributed by atoms with Crippen LogP contribution in [-0.2, 0) is 0 Å². The van der Waals surface area contributed by atoms with Gasteiger partial charge in [0.25, 0.3) is 17.1 Å². The summed E-state index contributed by atoms with van der Waals surface area (Å²) in [4.78, 5) is 27.5. The van der Waals surface area contributed by atoms with E-state index in [2.05, 4.69) is 19.6 Å². The molecular formula is C10H14N4O7. The van der Waals surface area contributed by atoms with Gasteiger partial charge in [-0.1, -0.05) is 13.8 Å². The molecule has 0 aliphatic heterocycles. The van der Waals surface area contributed by atoms with Gasteiger partial charge in [0.1, 0.15) is 0 Å². The first-order chi connectivity index (χ1) is 9.61. The summed E-state index contributed by atoms with van der Waals surface area (Å²) >= 11 is 0. The number of hydrogen-bond acceptors (Lipinski definition) is 7. The Morgan fingerprint density at radius 1 is 1.00 bits per heavy atom. The minimum absolute atomic E-state index is 0.384. The van der Waals surface area contributed by atoms with Crippen molar-refractivity contribution in [2.45, 2.75) is 13.8 Å². The van der Waals surface area contributed by atoms with Gasteiger partial charge < -0.3 is 10.8 Å². The van der Waals surface area contributed by atoms with Crippen LogP contribution in [0.3, 0.4) is 0 Å². The zero-order chi connectivity index (χ0) is 16.7. The standard InChI is InChI=1S/C6H3N3O7.C4H11N/c10-6-4(8(13)14)1-3(7(11)12)2-5(6)9(15)16;1-4(2)3-5/h1-2,10H;4H,3,5H2,1-2H3. The van der Waals surface area contributed by atoms with Crippen molar-refractivity contribution in [3.63, 3.8) is 0 Å². The molecule has 0 aliphatic rings. The first kappa shape index (κ1) is 18.2. The van der Waals surface area contributed by atoms with Crippen LogP contribution in [0, 0.1) is 36.3 Å². The minimum atomic E-state index is -1.46. The van der Waals surface area contributed by atoms with Crippen LogP contribution in [0.25, 0.3) is 0 Å². The van der Waals surface area contributed by atoms with Crippen molar-refractivity contribution in [1.82, 2.24) is 0 Å². The second-order valence-corrected chi connectivity index (χ2v) is 4.27. The molecule has 0 amide bonds. The van der Waals surface area contributed by atoms with E-state index in [4.69, 9.17) is 0 Å². The number of rotatable bonds is 4. The van der Waals surface area contributed by atoms with Crippen LogP contribution in [0.4, 0.5) is 17.1 Å². The van der Waals surface area contributed by atoms with Crippen LogP contribution in [0.15, 0.2) is 12.1 Å². The van der Waals surface area contributed by atoms with Crippen LogP contribution in [0.2, 0.25) is 0 Å². The van der Waals surface area contributed by atoms with Crippen LogP contribution < -0.4 is 10.8 Å². The summed E-state index contributed by atoms with van der Waals surface area (Å²) in [5.41, 5.74) is 0.421. The molecule has 1 rings (SSSR count). The number of nitro benzene ring substituents is 3. The van der Waals surface area contributed by atoms with Crippen LogP contribution in [0.5, 0.6) is 5.75 Å². The highest BCUT2D eigenvalue weighted by Crippen LogP contribution is 2.36. The summed E-state index contributed by atoms with van der Waals surface area (Å²) in [6, 6.07) is 0.769. The van der Waals surface area contributed by atoms with E-state index in [1.54, 1.807) is 0 Å². The summed E-state index contributed by atoms with van der Waals surface area (Å²) in [5.74, 6) is -0.685. The third-order valence-electron chi connectivity index (χ3n) is 2.22. The van der Waals surface area contributed by atoms with Gasteiger partial charge >= 0.3 is 0 Å². The number of non-ortho nitro benzene ring substituents is 1. The molecule has 0 atom stereocenters. The molecule has 1 aromatic carbocycles. The third kappa shape index (κ3) is 5.36. The Morgan fingerprint density at radius 3 is 1.52 bits per heavy atom. The first-order valence-electron chi connectivity index (χ1n) is 5.69. The second kappa shape index (κ2) is 7.69. The fraction of sp³-hybridized carbons (Fsp3) is 0.400. The van der Waals surface area contributed by atoms with Gasteiger partial charge in [0.05, 0.1) is 39.2 Å². The molecule has 0 spiro atoms. The topological polar surface area (TPSA) is 180 Å². The maximum atomic E-state index is 11.1. The Labute approximate surface area is 118 Å². The van der Waals surface area contributed by atoms with Gasteiger partial charge in [-0.15, -0.1) is 0 Å². The van der Waals surface area contributed by atoms with Gasteiger partial charge in [0.15, 0.2) is 0 Å². The molecule has 0 aromatic heterocycles. The number of quaternary nitrogens is 1. The lowest BCUT2D eigenvalue weighted by atomic mass is 10.2. The Hall–Kier alpha value is -2.82. The van der Waals surface area contributed by atoms with Crippen molar-refractivity contribution >= 4 is 17.1 Å². The molecule has 0 heterocycles. The van der Waals surface area contributed by atoms with Crippen LogP contribution in [-0.4, -0.2) is 21.3 Å². The fourth-order valence-electron chi connectivity index (χ4n) is 0.961. The molecule has 21 heavy (non-hydrogen) atoms.